The Labute approximate surface area is 231 Å². The predicted octanol–water partition coefficient (Wildman–Crippen LogP) is 6.45. The number of benzene rings is 3. The van der Waals surface area contributed by atoms with Crippen LogP contribution in [0, 0.1) is 11.6 Å². The third kappa shape index (κ3) is 5.84. The van der Waals surface area contributed by atoms with E-state index in [4.69, 9.17) is 0 Å². The van der Waals surface area contributed by atoms with Crippen molar-refractivity contribution in [2.75, 3.05) is 44.2 Å². The van der Waals surface area contributed by atoms with Crippen LogP contribution in [0.4, 0.5) is 27.6 Å². The number of nitrogens with zero attached hydrogens (tertiary/aromatic N) is 3. The van der Waals surface area contributed by atoms with Crippen molar-refractivity contribution < 1.29 is 26.7 Å². The molecule has 2 aliphatic rings. The quantitative estimate of drug-likeness (QED) is 0.313. The fourth-order valence-corrected chi connectivity index (χ4v) is 6.05. The van der Waals surface area contributed by atoms with E-state index >= 15 is 0 Å². The maximum Gasteiger partial charge on any atom is 0.416 e. The lowest BCUT2D eigenvalue weighted by Crippen LogP contribution is -2.57. The minimum Gasteiger partial charge on any atom is -0.369 e. The minimum absolute atomic E-state index is 0.104. The van der Waals surface area contributed by atoms with Gasteiger partial charge in [-0.25, -0.2) is 8.78 Å². The van der Waals surface area contributed by atoms with E-state index in [1.165, 1.54) is 36.4 Å². The van der Waals surface area contributed by atoms with Crippen molar-refractivity contribution in [3.63, 3.8) is 0 Å². The van der Waals surface area contributed by atoms with Crippen molar-refractivity contribution in [2.24, 2.45) is 0 Å². The van der Waals surface area contributed by atoms with Crippen LogP contribution in [0.3, 0.4) is 0 Å². The van der Waals surface area contributed by atoms with E-state index in [1.807, 2.05) is 9.80 Å². The summed E-state index contributed by atoms with van der Waals surface area (Å²) >= 11 is 0. The van der Waals surface area contributed by atoms with E-state index < -0.39 is 17.3 Å². The smallest absolute Gasteiger partial charge is 0.369 e. The zero-order chi connectivity index (χ0) is 28.3. The molecule has 0 atom stereocenters. The Hall–Kier alpha value is -3.46. The summed E-state index contributed by atoms with van der Waals surface area (Å²) in [5.74, 6) is -0.651. The molecule has 0 N–H and O–H groups in total. The Balaban J connectivity index is 1.49. The van der Waals surface area contributed by atoms with Gasteiger partial charge >= 0.3 is 6.18 Å². The first-order chi connectivity index (χ1) is 19.2. The summed E-state index contributed by atoms with van der Waals surface area (Å²) in [7, 11) is 0. The number of halogens is 5. The second-order valence-electron chi connectivity index (χ2n) is 10.5. The summed E-state index contributed by atoms with van der Waals surface area (Å²) in [5, 5.41) is 0. The number of likely N-dealkylation sites (tertiary alicyclic amines) is 1. The Morgan fingerprint density at radius 2 is 1.30 bits per heavy atom. The standard InChI is InChI=1S/C31H32F5N3O/c32-26-11-7-23(8-12-26)30(24-9-13-27(33)14-10-24,15-17-38-16-2-1-6-29(38)40)39-20-18-37(19-21-39)28-5-3-4-25(22-28)31(34,35)36/h3-5,7-14,22H,1-2,6,15-21H2. The van der Waals surface area contributed by atoms with Crippen molar-refractivity contribution in [1.29, 1.82) is 0 Å². The topological polar surface area (TPSA) is 26.8 Å². The summed E-state index contributed by atoms with van der Waals surface area (Å²) in [6.07, 6.45) is -1.62. The first-order valence-corrected chi connectivity index (χ1v) is 13.6. The van der Waals surface area contributed by atoms with Crippen molar-refractivity contribution in [1.82, 2.24) is 9.80 Å². The summed E-state index contributed by atoms with van der Waals surface area (Å²) in [5.41, 5.74) is 0.641. The molecule has 4 nitrogen and oxygen atoms in total. The number of rotatable bonds is 7. The SMILES string of the molecule is O=C1CCCCN1CCC(c1ccc(F)cc1)(c1ccc(F)cc1)N1CCN(c2cccc(C(F)(F)F)c2)CC1. The van der Waals surface area contributed by atoms with Gasteiger partial charge in [0.1, 0.15) is 11.6 Å². The molecule has 3 aromatic rings. The van der Waals surface area contributed by atoms with Gasteiger partial charge in [-0.1, -0.05) is 30.3 Å². The van der Waals surface area contributed by atoms with E-state index in [0.29, 0.717) is 57.8 Å². The molecule has 2 fully saturated rings. The Kier molecular flexibility index (Phi) is 8.12. The van der Waals surface area contributed by atoms with Gasteiger partial charge in [0.2, 0.25) is 5.91 Å². The van der Waals surface area contributed by atoms with Gasteiger partial charge < -0.3 is 9.80 Å². The van der Waals surface area contributed by atoms with Gasteiger partial charge in [-0.15, -0.1) is 0 Å². The fraction of sp³-hybridized carbons (Fsp3) is 0.387. The highest BCUT2D eigenvalue weighted by molar-refractivity contribution is 5.76. The first kappa shape index (κ1) is 28.1. The van der Waals surface area contributed by atoms with Crippen LogP contribution in [0.2, 0.25) is 0 Å². The molecule has 9 heteroatoms. The van der Waals surface area contributed by atoms with Crippen molar-refractivity contribution in [3.8, 4) is 0 Å². The van der Waals surface area contributed by atoms with Gasteiger partial charge in [0.25, 0.3) is 0 Å². The Bertz CT molecular complexity index is 1260. The molecule has 3 aromatic carbocycles. The van der Waals surface area contributed by atoms with Crippen molar-refractivity contribution in [3.05, 3.63) is 101 Å². The van der Waals surface area contributed by atoms with E-state index in [9.17, 15) is 26.7 Å². The van der Waals surface area contributed by atoms with Crippen LogP contribution in [-0.4, -0.2) is 55.0 Å². The summed E-state index contributed by atoms with van der Waals surface area (Å²) in [6, 6.07) is 17.9. The van der Waals surface area contributed by atoms with Gasteiger partial charge in [0.05, 0.1) is 11.1 Å². The number of piperazine rings is 1. The van der Waals surface area contributed by atoms with Gasteiger partial charge in [-0.2, -0.15) is 13.2 Å². The van der Waals surface area contributed by atoms with Crippen LogP contribution in [0.25, 0.3) is 0 Å². The van der Waals surface area contributed by atoms with Crippen LogP contribution >= 0.6 is 0 Å². The number of carbonyl (C=O) groups excluding carboxylic acids is 1. The van der Waals surface area contributed by atoms with Gasteiger partial charge in [-0.05, 0) is 72.9 Å². The average molecular weight is 558 g/mol. The zero-order valence-corrected chi connectivity index (χ0v) is 22.1. The maximum absolute atomic E-state index is 14.1. The van der Waals surface area contributed by atoms with Crippen LogP contribution in [0.15, 0.2) is 72.8 Å². The molecule has 212 valence electrons. The molecule has 1 amide bonds. The lowest BCUT2D eigenvalue weighted by atomic mass is 9.77. The summed E-state index contributed by atoms with van der Waals surface area (Å²) in [6.45, 7) is 3.08. The number of carbonyl (C=O) groups is 1. The van der Waals surface area contributed by atoms with Crippen LogP contribution in [0.5, 0.6) is 0 Å². The van der Waals surface area contributed by atoms with E-state index in [2.05, 4.69) is 4.90 Å². The third-order valence-electron chi connectivity index (χ3n) is 8.17. The second-order valence-corrected chi connectivity index (χ2v) is 10.5. The molecule has 0 aromatic heterocycles. The maximum atomic E-state index is 14.1. The van der Waals surface area contributed by atoms with Crippen molar-refractivity contribution >= 4 is 11.6 Å². The Morgan fingerprint density at radius 3 is 1.85 bits per heavy atom. The predicted molar refractivity (Wildman–Crippen MR) is 144 cm³/mol. The number of piperidine rings is 1. The van der Waals surface area contributed by atoms with E-state index in [0.717, 1.165) is 30.0 Å². The summed E-state index contributed by atoms with van der Waals surface area (Å²) < 4.78 is 68.1. The van der Waals surface area contributed by atoms with Crippen molar-refractivity contribution in [2.45, 2.75) is 37.4 Å². The molecule has 2 aliphatic heterocycles. The van der Waals surface area contributed by atoms with E-state index in [-0.39, 0.29) is 17.5 Å². The highest BCUT2D eigenvalue weighted by Crippen LogP contribution is 2.41. The molecule has 2 heterocycles. The molecule has 0 bridgehead atoms. The number of amides is 1. The molecular formula is C31H32F5N3O. The molecule has 0 unspecified atom stereocenters. The molecule has 0 radical (unpaired) electrons. The highest BCUT2D eigenvalue weighted by atomic mass is 19.4. The lowest BCUT2D eigenvalue weighted by molar-refractivity contribution is -0.137. The molecular weight excluding hydrogens is 525 g/mol. The molecule has 0 spiro atoms. The first-order valence-electron chi connectivity index (χ1n) is 13.6. The molecule has 0 aliphatic carbocycles. The van der Waals surface area contributed by atoms with Gasteiger partial charge in [-0.3, -0.25) is 9.69 Å². The van der Waals surface area contributed by atoms with Crippen LogP contribution in [-0.2, 0) is 16.5 Å². The normalized spacial score (nSPS) is 17.4. The molecule has 40 heavy (non-hydrogen) atoms. The van der Waals surface area contributed by atoms with Gasteiger partial charge in [0.15, 0.2) is 0 Å². The van der Waals surface area contributed by atoms with E-state index in [1.54, 1.807) is 30.3 Å². The van der Waals surface area contributed by atoms with Crippen LogP contribution in [0.1, 0.15) is 42.4 Å². The highest BCUT2D eigenvalue weighted by Gasteiger charge is 2.42. The Morgan fingerprint density at radius 1 is 0.700 bits per heavy atom. The number of hydrogen-bond donors (Lipinski definition) is 0. The third-order valence-corrected chi connectivity index (χ3v) is 8.17. The minimum atomic E-state index is -4.43. The second kappa shape index (κ2) is 11.6. The average Bonchev–Trinajstić information content (AvgIpc) is 2.96. The van der Waals surface area contributed by atoms with Gasteiger partial charge in [0, 0.05) is 51.4 Å². The fourth-order valence-electron chi connectivity index (χ4n) is 6.05. The zero-order valence-electron chi connectivity index (χ0n) is 22.1. The lowest BCUT2D eigenvalue weighted by Gasteiger charge is -2.50. The molecule has 2 saturated heterocycles. The summed E-state index contributed by atoms with van der Waals surface area (Å²) in [4.78, 5) is 18.7. The molecule has 5 rings (SSSR count). The number of hydrogen-bond acceptors (Lipinski definition) is 3. The number of anilines is 1. The molecule has 0 saturated carbocycles. The number of alkyl halides is 3. The van der Waals surface area contributed by atoms with Crippen LogP contribution < -0.4 is 4.90 Å². The largest absolute Gasteiger partial charge is 0.416 e. The monoisotopic (exact) mass is 557 g/mol.